The van der Waals surface area contributed by atoms with Crippen molar-refractivity contribution in [3.8, 4) is 5.75 Å². The molecular formula is C52H75ClF3N9O17P2. The third kappa shape index (κ3) is 28.9. The molecule has 0 spiro atoms. The van der Waals surface area contributed by atoms with Gasteiger partial charge in [-0.05, 0) is 42.5 Å². The van der Waals surface area contributed by atoms with Crippen LogP contribution >= 0.6 is 26.6 Å². The van der Waals surface area contributed by atoms with Crippen molar-refractivity contribution in [3.05, 3.63) is 82.8 Å². The predicted molar refractivity (Wildman–Crippen MR) is 299 cm³/mol. The highest BCUT2D eigenvalue weighted by Gasteiger charge is 2.28. The van der Waals surface area contributed by atoms with E-state index in [1.807, 2.05) is 24.3 Å². The lowest BCUT2D eigenvalue weighted by molar-refractivity contribution is -0.136. The Morgan fingerprint density at radius 1 is 0.774 bits per heavy atom. The van der Waals surface area contributed by atoms with E-state index in [0.717, 1.165) is 36.9 Å². The molecule has 1 saturated carbocycles. The van der Waals surface area contributed by atoms with Crippen molar-refractivity contribution in [1.82, 2.24) is 34.7 Å². The highest BCUT2D eigenvalue weighted by Crippen LogP contribution is 2.51. The highest BCUT2D eigenvalue weighted by molar-refractivity contribution is 7.72. The zero-order chi connectivity index (χ0) is 60.6. The number of anilines is 2. The van der Waals surface area contributed by atoms with Gasteiger partial charge in [0.1, 0.15) is 23.2 Å². The lowest BCUT2D eigenvalue weighted by atomic mass is 10.1. The lowest BCUT2D eigenvalue weighted by Gasteiger charge is -2.14. The molecule has 2 aliphatic rings. The van der Waals surface area contributed by atoms with Crippen molar-refractivity contribution in [3.63, 3.8) is 0 Å². The summed E-state index contributed by atoms with van der Waals surface area (Å²) in [6.45, 7) is 8.84. The first-order valence-corrected chi connectivity index (χ1v) is 31.7. The van der Waals surface area contributed by atoms with Crippen LogP contribution in [0.15, 0.2) is 48.8 Å². The first-order valence-electron chi connectivity index (χ1n) is 27.2. The Hall–Kier alpha value is -5.07. The standard InChI is InChI=1S/C47H61ClF3N9O12.C3H6.C2H8O5P2/c1-2-36-7-8-42(71-36)60-46-37(30-53-60)45(55-47(48)56-46)52-29-33-5-3-4-6-40(33)54-41(61)9-12-63-15-18-66-23-24-69-25-26-70-32-35-31-59(58-57-35)11-14-65-17-20-68-22-21-67-19-16-64-13-10-43(62)72-44-38(50)27-34(49)28-39(44)51;1-2-3-1;1-8(3,4)2-9(5,6)7/h3-6,27-28,30-31,36,42H,2,7-26,29,32H2,1H3,(H,54,61)(H,52,55,56);1-3H2;2H2,1H3,(H,3,4)(H2,5,6,7). The molecule has 3 unspecified atom stereocenters. The van der Waals surface area contributed by atoms with Crippen LogP contribution in [0.5, 0.6) is 5.75 Å². The second-order valence-electron chi connectivity index (χ2n) is 18.8. The Morgan fingerprint density at radius 3 is 1.90 bits per heavy atom. The number of para-hydroxylation sites is 1. The van der Waals surface area contributed by atoms with Gasteiger partial charge in [-0.3, -0.25) is 18.7 Å². The minimum Gasteiger partial charge on any atom is -0.420 e. The van der Waals surface area contributed by atoms with Gasteiger partial charge >= 0.3 is 13.6 Å². The van der Waals surface area contributed by atoms with Crippen LogP contribution in [0.1, 0.15) is 75.8 Å². The molecule has 0 bridgehead atoms. The highest BCUT2D eigenvalue weighted by atomic mass is 35.5. The van der Waals surface area contributed by atoms with Crippen molar-refractivity contribution in [2.24, 2.45) is 0 Å². The Bertz CT molecular complexity index is 2810. The SMILES string of the molecule is C1CC1.CCC1CCC(n2ncc3c(NCc4ccccc4NC(=O)CCOCCOCCOCCOCc4cn(CCOCCOCCOCCOCCC(=O)Oc5c(F)cc(F)cc5F)nn4)nc(Cl)nc32)O1.CP(=O)(O)CP(=O)(O)O. The molecular weight excluding hydrogens is 1180 g/mol. The van der Waals surface area contributed by atoms with Gasteiger partial charge in [0.2, 0.25) is 24.3 Å². The number of hydrogen-bond donors (Lipinski definition) is 5. The van der Waals surface area contributed by atoms with E-state index >= 15 is 0 Å². The molecule has 3 aromatic heterocycles. The number of nitrogens with one attached hydrogen (secondary N) is 2. The van der Waals surface area contributed by atoms with Crippen molar-refractivity contribution in [2.45, 2.75) is 90.3 Å². The molecule has 1 saturated heterocycles. The van der Waals surface area contributed by atoms with E-state index in [1.165, 1.54) is 19.3 Å². The average Bonchev–Trinajstić information content (AvgIpc) is 2.97. The van der Waals surface area contributed by atoms with Crippen LogP contribution in [0.3, 0.4) is 0 Å². The first-order chi connectivity index (χ1) is 40.4. The summed E-state index contributed by atoms with van der Waals surface area (Å²) in [4.78, 5) is 58.1. The molecule has 3 atom stereocenters. The average molecular weight is 1250 g/mol. The van der Waals surface area contributed by atoms with Crippen molar-refractivity contribution < 1.29 is 93.9 Å². The summed E-state index contributed by atoms with van der Waals surface area (Å²) in [6, 6.07) is 8.37. The van der Waals surface area contributed by atoms with Crippen LogP contribution in [-0.2, 0) is 81.0 Å². The number of carbonyl (C=O) groups is 2. The zero-order valence-electron chi connectivity index (χ0n) is 47.0. The molecule has 1 aliphatic heterocycles. The normalized spacial score (nSPS) is 15.4. The van der Waals surface area contributed by atoms with Gasteiger partial charge in [0.05, 0.1) is 149 Å². The van der Waals surface area contributed by atoms with Crippen LogP contribution in [0.2, 0.25) is 5.28 Å². The molecule has 5 N–H and O–H groups in total. The summed E-state index contributed by atoms with van der Waals surface area (Å²) in [5.41, 5.74) is 2.81. The number of rotatable bonds is 38. The van der Waals surface area contributed by atoms with Crippen LogP contribution in [0.4, 0.5) is 24.7 Å². The number of fused-ring (bicyclic) bond motifs is 1. The fourth-order valence-electron chi connectivity index (χ4n) is 7.32. The molecule has 0 radical (unpaired) electrons. The van der Waals surface area contributed by atoms with Gasteiger partial charge in [-0.15, -0.1) is 5.10 Å². The molecule has 468 valence electrons. The molecule has 5 aromatic rings. The molecule has 1 aliphatic carbocycles. The number of nitrogens with zero attached hydrogens (tertiary/aromatic N) is 7. The summed E-state index contributed by atoms with van der Waals surface area (Å²) in [6.07, 6.45) is 10.7. The summed E-state index contributed by atoms with van der Waals surface area (Å²) in [7, 11) is -7.85. The maximum Gasteiger partial charge on any atom is 0.335 e. The van der Waals surface area contributed by atoms with Gasteiger partial charge < -0.3 is 72.7 Å². The van der Waals surface area contributed by atoms with E-state index in [-0.39, 0.29) is 69.4 Å². The van der Waals surface area contributed by atoms with Gasteiger partial charge in [0, 0.05) is 31.0 Å². The number of hydrogen-bond acceptors (Lipinski definition) is 20. The number of aromatic nitrogens is 7. The van der Waals surface area contributed by atoms with Crippen molar-refractivity contribution in [1.29, 1.82) is 0 Å². The first kappa shape index (κ1) is 69.7. The fourth-order valence-corrected chi connectivity index (χ4v) is 10.2. The topological polar surface area (TPSA) is 320 Å². The maximum atomic E-state index is 13.6. The predicted octanol–water partition coefficient (Wildman–Crippen LogP) is 7.04. The van der Waals surface area contributed by atoms with Gasteiger partial charge in [-0.25, -0.2) is 22.5 Å². The monoisotopic (exact) mass is 1250 g/mol. The zero-order valence-corrected chi connectivity index (χ0v) is 49.5. The number of halogens is 4. The number of carbonyl (C=O) groups excluding carboxylic acids is 2. The van der Waals surface area contributed by atoms with Crippen molar-refractivity contribution in [2.75, 3.05) is 122 Å². The minimum atomic E-state index is -4.30. The maximum absolute atomic E-state index is 13.6. The van der Waals surface area contributed by atoms with Gasteiger partial charge in [-0.1, -0.05) is 49.6 Å². The van der Waals surface area contributed by atoms with E-state index < -0.39 is 50.0 Å². The Balaban J connectivity index is 0.000000962. The van der Waals surface area contributed by atoms with Gasteiger partial charge in [-0.2, -0.15) is 15.1 Å². The number of amides is 1. The molecule has 7 rings (SSSR count). The summed E-state index contributed by atoms with van der Waals surface area (Å²) >= 11 is 6.33. The Kier molecular flexibility index (Phi) is 31.7. The van der Waals surface area contributed by atoms with Gasteiger partial charge in [0.15, 0.2) is 23.5 Å². The number of benzene rings is 2. The summed E-state index contributed by atoms with van der Waals surface area (Å²) in [5.74, 6) is -6.18. The third-order valence-corrected chi connectivity index (χ3v) is 15.2. The minimum absolute atomic E-state index is 0.0514. The van der Waals surface area contributed by atoms with Crippen LogP contribution in [-0.4, -0.2) is 179 Å². The van der Waals surface area contributed by atoms with E-state index in [4.69, 9.17) is 68.9 Å². The Labute approximate surface area is 489 Å². The molecule has 32 heteroatoms. The van der Waals surface area contributed by atoms with Crippen LogP contribution in [0, 0.1) is 17.5 Å². The van der Waals surface area contributed by atoms with Crippen molar-refractivity contribution >= 4 is 61.0 Å². The smallest absolute Gasteiger partial charge is 0.335 e. The van der Waals surface area contributed by atoms with E-state index in [2.05, 4.69) is 47.7 Å². The van der Waals surface area contributed by atoms with E-state index in [9.17, 15) is 31.9 Å². The summed E-state index contributed by atoms with van der Waals surface area (Å²) in [5, 5.41) is 19.9. The summed E-state index contributed by atoms with van der Waals surface area (Å²) < 4.78 is 119. The fraction of sp³-hybridized carbons (Fsp3) is 0.596. The molecule has 1 amide bonds. The number of ether oxygens (including phenoxy) is 10. The molecule has 4 heterocycles. The third-order valence-electron chi connectivity index (χ3n) is 11.4. The van der Waals surface area contributed by atoms with Crippen LogP contribution < -0.4 is 15.4 Å². The molecule has 84 heavy (non-hydrogen) atoms. The molecule has 26 nitrogen and oxygen atoms in total. The second kappa shape index (κ2) is 38.2. The largest absolute Gasteiger partial charge is 0.420 e. The lowest BCUT2D eigenvalue weighted by Crippen LogP contribution is -2.17. The molecule has 2 aromatic carbocycles. The Morgan fingerprint density at radius 2 is 1.35 bits per heavy atom. The quantitative estimate of drug-likeness (QED) is 0.00870. The van der Waals surface area contributed by atoms with E-state index in [0.29, 0.717) is 121 Å². The van der Waals surface area contributed by atoms with Crippen LogP contribution in [0.25, 0.3) is 11.0 Å². The van der Waals surface area contributed by atoms with Gasteiger partial charge in [0.25, 0.3) is 0 Å². The second-order valence-corrected chi connectivity index (χ2v) is 23.7. The number of esters is 1. The molecule has 2 fully saturated rings. The van der Waals surface area contributed by atoms with E-state index in [1.54, 1.807) is 21.8 Å².